The normalized spacial score (nSPS) is 11.1. The third kappa shape index (κ3) is 21.0. The summed E-state index contributed by atoms with van der Waals surface area (Å²) in [5.41, 5.74) is 1.80. The van der Waals surface area contributed by atoms with Gasteiger partial charge in [0, 0.05) is 18.0 Å². The topological polar surface area (TPSA) is 74.6 Å². The quantitative estimate of drug-likeness (QED) is 0.0585. The van der Waals surface area contributed by atoms with Crippen LogP contribution in [0.25, 0.3) is 0 Å². The van der Waals surface area contributed by atoms with Gasteiger partial charge in [-0.15, -0.1) is 0 Å². The van der Waals surface area contributed by atoms with Gasteiger partial charge in [-0.1, -0.05) is 173 Å². The molecule has 0 bridgehead atoms. The third-order valence-corrected chi connectivity index (χ3v) is 9.45. The number of unbranched alkanes of at least 4 members (excludes halogenated alkanes) is 22. The summed E-state index contributed by atoms with van der Waals surface area (Å²) in [4.78, 5) is 38.7. The Kier molecular flexibility index (Phi) is 24.9. The first-order valence-corrected chi connectivity index (χ1v) is 20.2. The molecule has 6 nitrogen and oxygen atoms in total. The Labute approximate surface area is 299 Å². The molecule has 0 spiro atoms. The lowest BCUT2D eigenvalue weighted by Crippen LogP contribution is -2.13. The van der Waals surface area contributed by atoms with Crippen molar-refractivity contribution in [3.05, 3.63) is 59.4 Å². The zero-order chi connectivity index (χ0) is 35.2. The molecule has 0 saturated carbocycles. The molecule has 0 unspecified atom stereocenters. The van der Waals surface area contributed by atoms with Crippen molar-refractivity contribution in [3.8, 4) is 0 Å². The fraction of sp³-hybridized carbons (Fsp3) is 0.698. The molecule has 0 saturated heterocycles. The van der Waals surface area contributed by atoms with Gasteiger partial charge in [-0.25, -0.2) is 0 Å². The number of carbonyl (C=O) groups is 3. The summed E-state index contributed by atoms with van der Waals surface area (Å²) in [6.07, 6.45) is 33.5. The van der Waals surface area contributed by atoms with Gasteiger partial charge in [0.25, 0.3) is 5.91 Å². The molecule has 1 aromatic carbocycles. The Morgan fingerprint density at radius 2 is 0.796 bits per heavy atom. The van der Waals surface area contributed by atoms with Crippen LogP contribution < -0.4 is 0 Å². The molecule has 2 rings (SSSR count). The first kappa shape index (κ1) is 42.3. The van der Waals surface area contributed by atoms with Crippen molar-refractivity contribution in [1.82, 2.24) is 4.57 Å². The van der Waals surface area contributed by atoms with Gasteiger partial charge in [-0.05, 0) is 36.1 Å². The first-order chi connectivity index (χ1) is 24.0. The highest BCUT2D eigenvalue weighted by molar-refractivity contribution is 5.96. The average molecular weight is 680 g/mol. The predicted octanol–water partition coefficient (Wildman–Crippen LogP) is 11.8. The van der Waals surface area contributed by atoms with Crippen LogP contribution in [0.5, 0.6) is 0 Å². The molecule has 1 heterocycles. The SMILES string of the molecule is CCCCCCCCCCCCCCOC(=O)Cc1cn(C(=O)c2ccccc2)cc1CC(=O)OCCCCCCCCCCCCCC. The van der Waals surface area contributed by atoms with Gasteiger partial charge < -0.3 is 9.47 Å². The number of benzene rings is 1. The molecular weight excluding hydrogens is 610 g/mol. The fourth-order valence-corrected chi connectivity index (χ4v) is 6.38. The second-order valence-corrected chi connectivity index (χ2v) is 14.0. The van der Waals surface area contributed by atoms with E-state index in [0.29, 0.717) is 29.9 Å². The highest BCUT2D eigenvalue weighted by Crippen LogP contribution is 2.18. The Bertz CT molecular complexity index is 1060. The number of ether oxygens (including phenoxy) is 2. The zero-order valence-corrected chi connectivity index (χ0v) is 31.3. The molecule has 0 aliphatic heterocycles. The molecule has 49 heavy (non-hydrogen) atoms. The molecule has 0 aliphatic rings. The Morgan fingerprint density at radius 1 is 0.469 bits per heavy atom. The summed E-state index contributed by atoms with van der Waals surface area (Å²) in [5, 5.41) is 0. The van der Waals surface area contributed by atoms with Gasteiger partial charge in [0.05, 0.1) is 26.1 Å². The molecule has 0 atom stereocenters. The van der Waals surface area contributed by atoms with Crippen LogP contribution in [0.3, 0.4) is 0 Å². The molecular formula is C43H69NO5. The zero-order valence-electron chi connectivity index (χ0n) is 31.3. The van der Waals surface area contributed by atoms with Crippen molar-refractivity contribution < 1.29 is 23.9 Å². The summed E-state index contributed by atoms with van der Waals surface area (Å²) in [6, 6.07) is 9.01. The van der Waals surface area contributed by atoms with E-state index in [9.17, 15) is 14.4 Å². The smallest absolute Gasteiger partial charge is 0.310 e. The third-order valence-electron chi connectivity index (χ3n) is 9.45. The van der Waals surface area contributed by atoms with E-state index >= 15 is 0 Å². The standard InChI is InChI=1S/C43H69NO5/c1-3-5-7-9-11-13-15-17-19-21-23-28-32-48-41(45)34-39-36-44(43(47)38-30-26-25-27-31-38)37-40(39)35-42(46)49-33-29-24-22-20-18-16-14-12-10-8-6-4-2/h25-27,30-31,36-37H,3-24,28-29,32-35H2,1-2H3. The van der Waals surface area contributed by atoms with Crippen LogP contribution in [0, 0.1) is 0 Å². The Morgan fingerprint density at radius 3 is 1.14 bits per heavy atom. The van der Waals surface area contributed by atoms with Crippen LogP contribution in [0.2, 0.25) is 0 Å². The minimum absolute atomic E-state index is 0.0225. The van der Waals surface area contributed by atoms with E-state index < -0.39 is 0 Å². The van der Waals surface area contributed by atoms with Crippen LogP contribution in [0.15, 0.2) is 42.7 Å². The minimum atomic E-state index is -0.334. The van der Waals surface area contributed by atoms with Crippen molar-refractivity contribution in [2.45, 2.75) is 181 Å². The van der Waals surface area contributed by atoms with Crippen LogP contribution >= 0.6 is 0 Å². The summed E-state index contributed by atoms with van der Waals surface area (Å²) < 4.78 is 12.6. The largest absolute Gasteiger partial charge is 0.465 e. The monoisotopic (exact) mass is 680 g/mol. The lowest BCUT2D eigenvalue weighted by molar-refractivity contribution is -0.144. The van der Waals surface area contributed by atoms with Crippen molar-refractivity contribution in [2.24, 2.45) is 0 Å². The van der Waals surface area contributed by atoms with Gasteiger partial charge in [-0.3, -0.25) is 19.0 Å². The molecule has 276 valence electrons. The lowest BCUT2D eigenvalue weighted by atomic mass is 10.1. The second-order valence-electron chi connectivity index (χ2n) is 14.0. The highest BCUT2D eigenvalue weighted by Gasteiger charge is 2.19. The summed E-state index contributed by atoms with van der Waals surface area (Å²) >= 11 is 0. The van der Waals surface area contributed by atoms with E-state index in [4.69, 9.17) is 9.47 Å². The van der Waals surface area contributed by atoms with E-state index in [1.165, 1.54) is 133 Å². The number of rotatable bonds is 31. The van der Waals surface area contributed by atoms with E-state index in [2.05, 4.69) is 13.8 Å². The maximum Gasteiger partial charge on any atom is 0.310 e. The predicted molar refractivity (Wildman–Crippen MR) is 202 cm³/mol. The lowest BCUT2D eigenvalue weighted by Gasteiger charge is -2.07. The first-order valence-electron chi connectivity index (χ1n) is 20.2. The van der Waals surface area contributed by atoms with Crippen LogP contribution in [0.4, 0.5) is 0 Å². The fourth-order valence-electron chi connectivity index (χ4n) is 6.38. The molecule has 0 aliphatic carbocycles. The maximum absolute atomic E-state index is 13.1. The minimum Gasteiger partial charge on any atom is -0.465 e. The van der Waals surface area contributed by atoms with Gasteiger partial charge in [-0.2, -0.15) is 0 Å². The van der Waals surface area contributed by atoms with Crippen molar-refractivity contribution >= 4 is 17.8 Å². The van der Waals surface area contributed by atoms with Crippen molar-refractivity contribution in [1.29, 1.82) is 0 Å². The summed E-state index contributed by atoms with van der Waals surface area (Å²) in [7, 11) is 0. The van der Waals surface area contributed by atoms with Gasteiger partial charge in [0.2, 0.25) is 0 Å². The van der Waals surface area contributed by atoms with Gasteiger partial charge >= 0.3 is 11.9 Å². The van der Waals surface area contributed by atoms with Gasteiger partial charge in [0.15, 0.2) is 0 Å². The second kappa shape index (κ2) is 28.9. The summed E-state index contributed by atoms with van der Waals surface area (Å²) in [6.45, 7) is 5.31. The molecule has 0 amide bonds. The van der Waals surface area contributed by atoms with Crippen LogP contribution in [-0.2, 0) is 31.9 Å². The number of carbonyl (C=O) groups excluding carboxylic acids is 3. The molecule has 2 aromatic rings. The summed E-state index contributed by atoms with van der Waals surface area (Å²) in [5.74, 6) is -0.874. The molecule has 0 N–H and O–H groups in total. The van der Waals surface area contributed by atoms with Crippen molar-refractivity contribution in [2.75, 3.05) is 13.2 Å². The molecule has 0 fully saturated rings. The van der Waals surface area contributed by atoms with E-state index in [1.807, 2.05) is 18.2 Å². The van der Waals surface area contributed by atoms with Crippen LogP contribution in [0.1, 0.15) is 189 Å². The highest BCUT2D eigenvalue weighted by atomic mass is 16.5. The Balaban J connectivity index is 1.70. The van der Waals surface area contributed by atoms with E-state index in [-0.39, 0.29) is 30.7 Å². The number of esters is 2. The maximum atomic E-state index is 13.1. The Hall–Kier alpha value is -2.89. The average Bonchev–Trinajstić information content (AvgIpc) is 3.50. The van der Waals surface area contributed by atoms with Crippen molar-refractivity contribution in [3.63, 3.8) is 0 Å². The molecule has 1 aromatic heterocycles. The molecule has 6 heteroatoms. The van der Waals surface area contributed by atoms with Crippen LogP contribution in [-0.4, -0.2) is 35.6 Å². The number of nitrogens with zero attached hydrogens (tertiary/aromatic N) is 1. The number of hydrogen-bond donors (Lipinski definition) is 0. The van der Waals surface area contributed by atoms with E-state index in [0.717, 1.165) is 25.7 Å². The van der Waals surface area contributed by atoms with Gasteiger partial charge in [0.1, 0.15) is 0 Å². The van der Waals surface area contributed by atoms with E-state index in [1.54, 1.807) is 24.5 Å². The number of aromatic nitrogens is 1. The molecule has 0 radical (unpaired) electrons. The number of hydrogen-bond acceptors (Lipinski definition) is 5.